The Morgan fingerprint density at radius 1 is 1.16 bits per heavy atom. The maximum Gasteiger partial charge on any atom is 0.410 e. The third-order valence-corrected chi connectivity index (χ3v) is 4.89. The van der Waals surface area contributed by atoms with Crippen molar-refractivity contribution >= 4 is 35.4 Å². The van der Waals surface area contributed by atoms with Crippen molar-refractivity contribution in [3.63, 3.8) is 0 Å². The van der Waals surface area contributed by atoms with Crippen molar-refractivity contribution in [2.24, 2.45) is 0 Å². The van der Waals surface area contributed by atoms with Crippen LogP contribution < -0.4 is 0 Å². The summed E-state index contributed by atoms with van der Waals surface area (Å²) in [6, 6.07) is 7.67. The monoisotopic (exact) mass is 384 g/mol. The number of benzene rings is 1. The summed E-state index contributed by atoms with van der Waals surface area (Å²) in [5.74, 6) is 1.29. The van der Waals surface area contributed by atoms with Crippen molar-refractivity contribution in [3.05, 3.63) is 34.9 Å². The number of carbonyl (C=O) groups is 2. The number of hydrogen-bond donors (Lipinski definition) is 0. The minimum absolute atomic E-state index is 0.107. The first-order chi connectivity index (χ1) is 11.7. The molecule has 5 nitrogen and oxygen atoms in total. The second-order valence-electron chi connectivity index (χ2n) is 6.97. The molecule has 1 aliphatic heterocycles. The molecule has 0 bridgehead atoms. The molecule has 2 amide bonds. The highest BCUT2D eigenvalue weighted by Crippen LogP contribution is 2.17. The lowest BCUT2D eigenvalue weighted by molar-refractivity contribution is -0.130. The third kappa shape index (κ3) is 6.78. The van der Waals surface area contributed by atoms with Gasteiger partial charge in [-0.2, -0.15) is 0 Å². The Hall–Kier alpha value is -1.40. The molecule has 1 fully saturated rings. The van der Waals surface area contributed by atoms with E-state index in [9.17, 15) is 9.59 Å². The van der Waals surface area contributed by atoms with Gasteiger partial charge in [-0.3, -0.25) is 4.79 Å². The van der Waals surface area contributed by atoms with Gasteiger partial charge in [0.15, 0.2) is 0 Å². The first-order valence-corrected chi connectivity index (χ1v) is 9.86. The van der Waals surface area contributed by atoms with Gasteiger partial charge in [-0.25, -0.2) is 4.79 Å². The number of halogens is 1. The summed E-state index contributed by atoms with van der Waals surface area (Å²) in [5.41, 5.74) is 0.612. The average molecular weight is 385 g/mol. The maximum absolute atomic E-state index is 12.3. The fourth-order valence-corrected chi connectivity index (χ4v) is 3.53. The van der Waals surface area contributed by atoms with E-state index in [-0.39, 0.29) is 12.0 Å². The average Bonchev–Trinajstić information content (AvgIpc) is 2.53. The largest absolute Gasteiger partial charge is 0.444 e. The molecular formula is C18H25ClN2O3S. The zero-order chi connectivity index (χ0) is 18.4. The van der Waals surface area contributed by atoms with Crippen molar-refractivity contribution in [3.8, 4) is 0 Å². The van der Waals surface area contributed by atoms with Crippen LogP contribution in [0.2, 0.25) is 5.02 Å². The normalized spacial score (nSPS) is 15.2. The smallest absolute Gasteiger partial charge is 0.410 e. The lowest BCUT2D eigenvalue weighted by Gasteiger charge is -2.35. The van der Waals surface area contributed by atoms with E-state index in [0.717, 1.165) is 11.3 Å². The molecule has 138 valence electrons. The molecule has 0 aliphatic carbocycles. The Morgan fingerprint density at radius 3 is 2.40 bits per heavy atom. The highest BCUT2D eigenvalue weighted by atomic mass is 35.5. The Balaban J connectivity index is 1.71. The molecule has 0 saturated carbocycles. The Morgan fingerprint density at radius 2 is 1.80 bits per heavy atom. The topological polar surface area (TPSA) is 49.9 Å². The fourth-order valence-electron chi connectivity index (χ4n) is 2.44. The first kappa shape index (κ1) is 19.9. The molecule has 1 aliphatic rings. The van der Waals surface area contributed by atoms with E-state index in [1.807, 2.05) is 49.9 Å². The van der Waals surface area contributed by atoms with Gasteiger partial charge in [0.05, 0.1) is 5.75 Å². The quantitative estimate of drug-likeness (QED) is 0.795. The molecule has 0 spiro atoms. The number of thioether (sulfide) groups is 1. The SMILES string of the molecule is CC(C)(C)OC(=O)N1CCN(C(=O)CSCc2cccc(Cl)c2)CC1. The first-order valence-electron chi connectivity index (χ1n) is 8.32. The van der Waals surface area contributed by atoms with Gasteiger partial charge in [0.1, 0.15) is 5.60 Å². The highest BCUT2D eigenvalue weighted by molar-refractivity contribution is 7.99. The van der Waals surface area contributed by atoms with Gasteiger partial charge in [-0.1, -0.05) is 23.7 Å². The lowest BCUT2D eigenvalue weighted by Crippen LogP contribution is -2.52. The predicted molar refractivity (Wildman–Crippen MR) is 102 cm³/mol. The van der Waals surface area contributed by atoms with Crippen LogP contribution in [-0.2, 0) is 15.3 Å². The molecular weight excluding hydrogens is 360 g/mol. The van der Waals surface area contributed by atoms with Gasteiger partial charge in [0.25, 0.3) is 0 Å². The van der Waals surface area contributed by atoms with Crippen LogP contribution in [0.3, 0.4) is 0 Å². The van der Waals surface area contributed by atoms with E-state index >= 15 is 0 Å². The van der Waals surface area contributed by atoms with Gasteiger partial charge < -0.3 is 14.5 Å². The van der Waals surface area contributed by atoms with Crippen molar-refractivity contribution in [2.75, 3.05) is 31.9 Å². The third-order valence-electron chi connectivity index (χ3n) is 3.67. The molecule has 2 rings (SSSR count). The van der Waals surface area contributed by atoms with Crippen LogP contribution >= 0.6 is 23.4 Å². The van der Waals surface area contributed by atoms with E-state index < -0.39 is 5.60 Å². The minimum Gasteiger partial charge on any atom is -0.444 e. The minimum atomic E-state index is -0.499. The summed E-state index contributed by atoms with van der Waals surface area (Å²) in [5, 5.41) is 0.711. The van der Waals surface area contributed by atoms with Crippen LogP contribution in [0.15, 0.2) is 24.3 Å². The highest BCUT2D eigenvalue weighted by Gasteiger charge is 2.27. The fraction of sp³-hybridized carbons (Fsp3) is 0.556. The second kappa shape index (κ2) is 8.81. The summed E-state index contributed by atoms with van der Waals surface area (Å²) in [6.07, 6.45) is -0.310. The van der Waals surface area contributed by atoms with E-state index in [1.165, 1.54) is 0 Å². The van der Waals surface area contributed by atoms with Crippen LogP contribution in [0, 0.1) is 0 Å². The molecule has 0 aromatic heterocycles. The number of hydrogen-bond acceptors (Lipinski definition) is 4. The van der Waals surface area contributed by atoms with Crippen molar-refractivity contribution in [1.29, 1.82) is 0 Å². The van der Waals surface area contributed by atoms with E-state index in [1.54, 1.807) is 16.7 Å². The summed E-state index contributed by atoms with van der Waals surface area (Å²) < 4.78 is 5.37. The molecule has 0 unspecified atom stereocenters. The van der Waals surface area contributed by atoms with E-state index in [2.05, 4.69) is 0 Å². The van der Waals surface area contributed by atoms with Gasteiger partial charge in [0, 0.05) is 37.0 Å². The van der Waals surface area contributed by atoms with Crippen LogP contribution in [0.5, 0.6) is 0 Å². The molecule has 25 heavy (non-hydrogen) atoms. The molecule has 0 atom stereocenters. The summed E-state index contributed by atoms with van der Waals surface area (Å²) in [7, 11) is 0. The lowest BCUT2D eigenvalue weighted by atomic mass is 10.2. The maximum atomic E-state index is 12.3. The number of carbonyl (C=O) groups excluding carboxylic acids is 2. The van der Waals surface area contributed by atoms with Crippen molar-refractivity contribution in [2.45, 2.75) is 32.1 Å². The molecule has 1 heterocycles. The number of ether oxygens (including phenoxy) is 1. The second-order valence-corrected chi connectivity index (χ2v) is 8.39. The zero-order valence-electron chi connectivity index (χ0n) is 15.0. The van der Waals surface area contributed by atoms with E-state index in [4.69, 9.17) is 16.3 Å². The van der Waals surface area contributed by atoms with Gasteiger partial charge in [0.2, 0.25) is 5.91 Å². The van der Waals surface area contributed by atoms with Gasteiger partial charge in [-0.15, -0.1) is 11.8 Å². The molecule has 1 aromatic rings. The predicted octanol–water partition coefficient (Wildman–Crippen LogP) is 3.65. The molecule has 0 N–H and O–H groups in total. The zero-order valence-corrected chi connectivity index (χ0v) is 16.5. The number of rotatable bonds is 4. The van der Waals surface area contributed by atoms with Crippen LogP contribution in [0.25, 0.3) is 0 Å². The van der Waals surface area contributed by atoms with Crippen LogP contribution in [-0.4, -0.2) is 59.3 Å². The Labute approximate surface area is 158 Å². The van der Waals surface area contributed by atoms with Crippen molar-refractivity contribution < 1.29 is 14.3 Å². The number of amides is 2. The van der Waals surface area contributed by atoms with Crippen LogP contribution in [0.1, 0.15) is 26.3 Å². The van der Waals surface area contributed by atoms with Crippen molar-refractivity contribution in [1.82, 2.24) is 9.80 Å². The number of piperazine rings is 1. The standard InChI is InChI=1S/C18H25ClN2O3S/c1-18(2,3)24-17(23)21-9-7-20(8-10-21)16(22)13-25-12-14-5-4-6-15(19)11-14/h4-6,11H,7-10,12-13H2,1-3H3. The molecule has 0 radical (unpaired) electrons. The van der Waals surface area contributed by atoms with E-state index in [0.29, 0.717) is 37.0 Å². The number of nitrogens with zero attached hydrogens (tertiary/aromatic N) is 2. The Bertz CT molecular complexity index is 611. The van der Waals surface area contributed by atoms with Gasteiger partial charge in [-0.05, 0) is 38.5 Å². The van der Waals surface area contributed by atoms with Gasteiger partial charge >= 0.3 is 6.09 Å². The molecule has 1 aromatic carbocycles. The summed E-state index contributed by atoms with van der Waals surface area (Å²) in [6.45, 7) is 7.68. The Kier molecular flexibility index (Phi) is 7.02. The molecule has 1 saturated heterocycles. The molecule has 7 heteroatoms. The summed E-state index contributed by atoms with van der Waals surface area (Å²) >= 11 is 7.54. The summed E-state index contributed by atoms with van der Waals surface area (Å²) in [4.78, 5) is 27.8. The van der Waals surface area contributed by atoms with Crippen LogP contribution in [0.4, 0.5) is 4.79 Å².